The van der Waals surface area contributed by atoms with E-state index >= 15 is 0 Å². The topological polar surface area (TPSA) is 86.8 Å². The van der Waals surface area contributed by atoms with E-state index < -0.39 is 28.5 Å². The third kappa shape index (κ3) is 6.99. The average Bonchev–Trinajstić information content (AvgIpc) is 2.89. The molecule has 0 aliphatic carbocycles. The molecule has 0 saturated carbocycles. The van der Waals surface area contributed by atoms with Crippen LogP contribution in [0.25, 0.3) is 0 Å². The molecule has 3 aromatic carbocycles. The highest BCUT2D eigenvalue weighted by molar-refractivity contribution is 9.10. The van der Waals surface area contributed by atoms with Crippen LogP contribution in [-0.2, 0) is 26.2 Å². The molecule has 7 nitrogen and oxygen atoms in total. The van der Waals surface area contributed by atoms with Crippen LogP contribution in [0, 0.1) is 6.92 Å². The number of anilines is 1. The summed E-state index contributed by atoms with van der Waals surface area (Å²) in [5.74, 6) is -0.739. The van der Waals surface area contributed by atoms with Crippen molar-refractivity contribution in [3.8, 4) is 0 Å². The first-order valence-electron chi connectivity index (χ1n) is 12.1. The van der Waals surface area contributed by atoms with Crippen LogP contribution >= 0.6 is 15.9 Å². The quantitative estimate of drug-likeness (QED) is 0.347. The smallest absolute Gasteiger partial charge is 0.264 e. The van der Waals surface area contributed by atoms with Crippen molar-refractivity contribution in [3.05, 3.63) is 94.5 Å². The van der Waals surface area contributed by atoms with Gasteiger partial charge in [-0.05, 0) is 67.8 Å². The lowest BCUT2D eigenvalue weighted by Gasteiger charge is -2.33. The van der Waals surface area contributed by atoms with Gasteiger partial charge in [-0.1, -0.05) is 65.3 Å². The first-order chi connectivity index (χ1) is 17.7. The third-order valence-electron chi connectivity index (χ3n) is 6.06. The van der Waals surface area contributed by atoms with Crippen LogP contribution in [0.4, 0.5) is 5.69 Å². The number of amides is 2. The molecular weight excluding hydrogens is 554 g/mol. The molecule has 9 heteroatoms. The monoisotopic (exact) mass is 585 g/mol. The minimum absolute atomic E-state index is 0.0759. The predicted molar refractivity (Wildman–Crippen MR) is 150 cm³/mol. The molecular formula is C28H32BrN3O4S. The van der Waals surface area contributed by atoms with Gasteiger partial charge in [0.05, 0.1) is 10.6 Å². The Balaban J connectivity index is 2.05. The number of carbonyl (C=O) groups excluding carboxylic acids is 2. The van der Waals surface area contributed by atoms with Crippen LogP contribution in [0.2, 0.25) is 0 Å². The van der Waals surface area contributed by atoms with Crippen LogP contribution in [0.5, 0.6) is 0 Å². The van der Waals surface area contributed by atoms with Crippen LogP contribution in [0.3, 0.4) is 0 Å². The second-order valence-corrected chi connectivity index (χ2v) is 11.3. The Labute approximate surface area is 227 Å². The Bertz CT molecular complexity index is 1310. The van der Waals surface area contributed by atoms with Crippen molar-refractivity contribution < 1.29 is 18.0 Å². The number of carbonyl (C=O) groups is 2. The summed E-state index contributed by atoms with van der Waals surface area (Å²) in [6, 6.07) is 21.6. The highest BCUT2D eigenvalue weighted by atomic mass is 79.9. The molecule has 1 atom stereocenters. The molecule has 0 saturated heterocycles. The van der Waals surface area contributed by atoms with Gasteiger partial charge in [0, 0.05) is 17.6 Å². The van der Waals surface area contributed by atoms with Gasteiger partial charge >= 0.3 is 0 Å². The van der Waals surface area contributed by atoms with E-state index in [1.54, 1.807) is 42.5 Å². The molecule has 37 heavy (non-hydrogen) atoms. The first-order valence-corrected chi connectivity index (χ1v) is 14.4. The number of rotatable bonds is 11. The molecule has 3 aromatic rings. The SMILES string of the molecule is CCNC(=O)[C@@H](CC)N(Cc1ccccc1C)C(=O)CN(c1ccc(Br)cc1)S(=O)(=O)c1ccccc1. The minimum atomic E-state index is -4.07. The maximum absolute atomic E-state index is 13.9. The maximum Gasteiger partial charge on any atom is 0.264 e. The van der Waals surface area contributed by atoms with Crippen molar-refractivity contribution in [2.45, 2.75) is 44.7 Å². The molecule has 0 unspecified atom stereocenters. The van der Waals surface area contributed by atoms with Gasteiger partial charge in [-0.2, -0.15) is 0 Å². The Morgan fingerprint density at radius 3 is 2.14 bits per heavy atom. The van der Waals surface area contributed by atoms with Gasteiger partial charge in [-0.15, -0.1) is 0 Å². The van der Waals surface area contributed by atoms with Gasteiger partial charge < -0.3 is 10.2 Å². The number of nitrogens with zero attached hydrogens (tertiary/aromatic N) is 2. The fourth-order valence-electron chi connectivity index (χ4n) is 4.04. The van der Waals surface area contributed by atoms with Gasteiger partial charge in [0.1, 0.15) is 12.6 Å². The van der Waals surface area contributed by atoms with Gasteiger partial charge in [0.25, 0.3) is 10.0 Å². The Hall–Kier alpha value is -3.17. The van der Waals surface area contributed by atoms with Crippen molar-refractivity contribution in [2.75, 3.05) is 17.4 Å². The van der Waals surface area contributed by atoms with Gasteiger partial charge in [0.2, 0.25) is 11.8 Å². The van der Waals surface area contributed by atoms with Crippen molar-refractivity contribution >= 4 is 43.5 Å². The molecule has 0 aromatic heterocycles. The fourth-order valence-corrected chi connectivity index (χ4v) is 5.74. The second kappa shape index (κ2) is 12.9. The number of hydrogen-bond donors (Lipinski definition) is 1. The zero-order chi connectivity index (χ0) is 27.0. The Morgan fingerprint density at radius 2 is 1.54 bits per heavy atom. The molecule has 0 spiro atoms. The van der Waals surface area contributed by atoms with E-state index in [-0.39, 0.29) is 17.3 Å². The third-order valence-corrected chi connectivity index (χ3v) is 8.38. The van der Waals surface area contributed by atoms with E-state index in [1.807, 2.05) is 45.0 Å². The highest BCUT2D eigenvalue weighted by Gasteiger charge is 2.33. The summed E-state index contributed by atoms with van der Waals surface area (Å²) in [6.45, 7) is 5.75. The molecule has 0 heterocycles. The molecule has 0 aliphatic heterocycles. The Morgan fingerprint density at radius 1 is 0.919 bits per heavy atom. The zero-order valence-electron chi connectivity index (χ0n) is 21.2. The van der Waals surface area contributed by atoms with Crippen molar-refractivity contribution in [2.24, 2.45) is 0 Å². The summed E-state index contributed by atoms with van der Waals surface area (Å²) in [7, 11) is -4.07. The van der Waals surface area contributed by atoms with E-state index in [0.29, 0.717) is 18.7 Å². The summed E-state index contributed by atoms with van der Waals surface area (Å²) >= 11 is 3.38. The molecule has 1 N–H and O–H groups in total. The van der Waals surface area contributed by atoms with Gasteiger partial charge in [-0.3, -0.25) is 13.9 Å². The molecule has 3 rings (SSSR count). The molecule has 0 aliphatic rings. The maximum atomic E-state index is 13.9. The fraction of sp³-hybridized carbons (Fsp3) is 0.286. The molecule has 0 radical (unpaired) electrons. The Kier molecular flexibility index (Phi) is 9.88. The van der Waals surface area contributed by atoms with E-state index in [4.69, 9.17) is 0 Å². The zero-order valence-corrected chi connectivity index (χ0v) is 23.6. The summed E-state index contributed by atoms with van der Waals surface area (Å²) in [5.41, 5.74) is 2.22. The molecule has 0 bridgehead atoms. The summed E-state index contributed by atoms with van der Waals surface area (Å²) < 4.78 is 29.3. The van der Waals surface area contributed by atoms with Crippen molar-refractivity contribution in [1.82, 2.24) is 10.2 Å². The molecule has 2 amide bonds. The number of benzene rings is 3. The number of hydrogen-bond acceptors (Lipinski definition) is 4. The van der Waals surface area contributed by atoms with Crippen LogP contribution in [0.15, 0.2) is 88.2 Å². The van der Waals surface area contributed by atoms with Crippen LogP contribution in [0.1, 0.15) is 31.4 Å². The minimum Gasteiger partial charge on any atom is -0.355 e. The number of aryl methyl sites for hydroxylation is 1. The lowest BCUT2D eigenvalue weighted by Crippen LogP contribution is -2.52. The van der Waals surface area contributed by atoms with Crippen molar-refractivity contribution in [1.29, 1.82) is 0 Å². The number of sulfonamides is 1. The lowest BCUT2D eigenvalue weighted by atomic mass is 10.1. The second-order valence-electron chi connectivity index (χ2n) is 8.57. The van der Waals surface area contributed by atoms with Gasteiger partial charge in [0.15, 0.2) is 0 Å². The lowest BCUT2D eigenvalue weighted by molar-refractivity contribution is -0.140. The number of likely N-dealkylation sites (N-methyl/N-ethyl adjacent to an activating group) is 1. The van der Waals surface area contributed by atoms with E-state index in [9.17, 15) is 18.0 Å². The standard InChI is InChI=1S/C28H32BrN3O4S/c1-4-26(28(34)30-5-2)31(19-22-12-10-9-11-21(22)3)27(33)20-32(24-17-15-23(29)16-18-24)37(35,36)25-13-7-6-8-14-25/h6-18,26H,4-5,19-20H2,1-3H3,(H,30,34)/t26-/m1/s1. The molecule has 0 fully saturated rings. The molecule has 196 valence electrons. The predicted octanol–water partition coefficient (Wildman–Crippen LogP) is 4.90. The summed E-state index contributed by atoms with van der Waals surface area (Å²) in [5, 5.41) is 2.81. The van der Waals surface area contributed by atoms with Gasteiger partial charge in [-0.25, -0.2) is 8.42 Å². The van der Waals surface area contributed by atoms with Crippen LogP contribution in [-0.4, -0.2) is 44.3 Å². The average molecular weight is 587 g/mol. The largest absolute Gasteiger partial charge is 0.355 e. The number of halogens is 1. The van der Waals surface area contributed by atoms with E-state index in [1.165, 1.54) is 17.0 Å². The van der Waals surface area contributed by atoms with E-state index in [2.05, 4.69) is 21.2 Å². The van der Waals surface area contributed by atoms with Crippen LogP contribution < -0.4 is 9.62 Å². The van der Waals surface area contributed by atoms with E-state index in [0.717, 1.165) is 19.9 Å². The summed E-state index contributed by atoms with van der Waals surface area (Å²) in [4.78, 5) is 28.5. The summed E-state index contributed by atoms with van der Waals surface area (Å²) in [6.07, 6.45) is 0.382. The normalized spacial score (nSPS) is 12.0. The number of nitrogens with one attached hydrogen (secondary N) is 1. The van der Waals surface area contributed by atoms with Crippen molar-refractivity contribution in [3.63, 3.8) is 0 Å². The first kappa shape index (κ1) is 28.4. The highest BCUT2D eigenvalue weighted by Crippen LogP contribution is 2.26.